The summed E-state index contributed by atoms with van der Waals surface area (Å²) in [6.07, 6.45) is 0.167. The highest BCUT2D eigenvalue weighted by Crippen LogP contribution is 2.38. The van der Waals surface area contributed by atoms with Crippen molar-refractivity contribution in [2.75, 3.05) is 13.2 Å². The maximum Gasteiger partial charge on any atom is 0.310 e. The summed E-state index contributed by atoms with van der Waals surface area (Å²) in [6.45, 7) is 19.2. The maximum atomic E-state index is 12.8. The van der Waals surface area contributed by atoms with Gasteiger partial charge in [0.15, 0.2) is 8.32 Å². The van der Waals surface area contributed by atoms with E-state index in [9.17, 15) is 9.35 Å². The third-order valence-electron chi connectivity index (χ3n) is 5.32. The van der Waals surface area contributed by atoms with Gasteiger partial charge in [0.25, 0.3) is 0 Å². The second kappa shape index (κ2) is 10.8. The van der Waals surface area contributed by atoms with Gasteiger partial charge in [-0.2, -0.15) is 0 Å². The Balaban J connectivity index is 3.13. The van der Waals surface area contributed by atoms with E-state index in [1.165, 1.54) is 0 Å². The molecule has 0 heterocycles. The number of rotatable bonds is 9. The minimum absolute atomic E-state index is 0.0635. The van der Waals surface area contributed by atoms with Crippen LogP contribution in [0.5, 0.6) is 0 Å². The minimum Gasteiger partial charge on any atom is -0.598 e. The van der Waals surface area contributed by atoms with Gasteiger partial charge < -0.3 is 13.7 Å². The Morgan fingerprint density at radius 3 is 2.30 bits per heavy atom. The SMILES string of the molecule is CCOC(=O)Cc1ccc([C@@H](CO[Si](C)(C)C(C)(C)C)N[S+]([O-])C(C)(C)C)c(Cl)c1. The Bertz CT molecular complexity index is 716. The highest BCUT2D eigenvalue weighted by molar-refractivity contribution is 7.90. The molecule has 172 valence electrons. The number of nitrogens with one attached hydrogen (secondary N) is 1. The van der Waals surface area contributed by atoms with Crippen molar-refractivity contribution in [1.29, 1.82) is 0 Å². The lowest BCUT2D eigenvalue weighted by atomic mass is 10.0. The summed E-state index contributed by atoms with van der Waals surface area (Å²) in [5, 5.41) is 0.577. The second-order valence-corrected chi connectivity index (χ2v) is 17.2. The molecular weight excluding hydrogens is 438 g/mol. The van der Waals surface area contributed by atoms with Crippen LogP contribution in [-0.2, 0) is 31.7 Å². The molecule has 0 aliphatic rings. The largest absolute Gasteiger partial charge is 0.598 e. The smallest absolute Gasteiger partial charge is 0.310 e. The summed E-state index contributed by atoms with van der Waals surface area (Å²) in [6, 6.07) is 5.18. The van der Waals surface area contributed by atoms with E-state index in [1.807, 2.05) is 32.9 Å². The van der Waals surface area contributed by atoms with Crippen LogP contribution in [0.1, 0.15) is 65.6 Å². The van der Waals surface area contributed by atoms with E-state index >= 15 is 0 Å². The molecule has 1 aromatic carbocycles. The van der Waals surface area contributed by atoms with Gasteiger partial charge in [-0.15, -0.1) is 4.72 Å². The normalized spacial score (nSPS) is 15.0. The summed E-state index contributed by atoms with van der Waals surface area (Å²) in [7, 11) is -2.00. The Kier molecular flexibility index (Phi) is 9.92. The summed E-state index contributed by atoms with van der Waals surface area (Å²) in [5.41, 5.74) is 1.59. The monoisotopic (exact) mass is 475 g/mol. The van der Waals surface area contributed by atoms with Crippen LogP contribution in [0.15, 0.2) is 18.2 Å². The minimum atomic E-state index is -2.00. The Morgan fingerprint density at radius 2 is 1.83 bits per heavy atom. The fourth-order valence-corrected chi connectivity index (χ4v) is 4.50. The number of carbonyl (C=O) groups excluding carboxylic acids is 1. The molecule has 0 amide bonds. The van der Waals surface area contributed by atoms with Gasteiger partial charge in [-0.25, -0.2) is 0 Å². The topological polar surface area (TPSA) is 70.6 Å². The number of benzene rings is 1. The first-order valence-electron chi connectivity index (χ1n) is 10.3. The predicted molar refractivity (Wildman–Crippen MR) is 129 cm³/mol. The number of hydrogen-bond donors (Lipinski definition) is 1. The van der Waals surface area contributed by atoms with Crippen LogP contribution < -0.4 is 4.72 Å². The van der Waals surface area contributed by atoms with Crippen molar-refractivity contribution in [1.82, 2.24) is 4.72 Å². The van der Waals surface area contributed by atoms with Crippen LogP contribution in [-0.4, -0.2) is 36.8 Å². The van der Waals surface area contributed by atoms with Crippen LogP contribution in [0, 0.1) is 0 Å². The average molecular weight is 476 g/mol. The van der Waals surface area contributed by atoms with Crippen molar-refractivity contribution in [3.63, 3.8) is 0 Å². The van der Waals surface area contributed by atoms with Crippen molar-refractivity contribution in [2.45, 2.75) is 83.8 Å². The highest BCUT2D eigenvalue weighted by atomic mass is 35.5. The van der Waals surface area contributed by atoms with Crippen LogP contribution in [0.25, 0.3) is 0 Å². The molecule has 0 radical (unpaired) electrons. The molecule has 0 bridgehead atoms. The molecule has 5 nitrogen and oxygen atoms in total. The van der Waals surface area contributed by atoms with E-state index in [2.05, 4.69) is 38.6 Å². The van der Waals surface area contributed by atoms with Gasteiger partial charge in [0.2, 0.25) is 0 Å². The van der Waals surface area contributed by atoms with Gasteiger partial charge >= 0.3 is 5.97 Å². The van der Waals surface area contributed by atoms with E-state index < -0.39 is 24.4 Å². The molecule has 0 aliphatic carbocycles. The fourth-order valence-electron chi connectivity index (χ4n) is 2.34. The van der Waals surface area contributed by atoms with Crippen molar-refractivity contribution in [3.05, 3.63) is 34.3 Å². The quantitative estimate of drug-likeness (QED) is 0.287. The molecule has 1 aromatic rings. The molecule has 0 fully saturated rings. The third kappa shape index (κ3) is 8.17. The van der Waals surface area contributed by atoms with Crippen molar-refractivity contribution < 1.29 is 18.5 Å². The molecule has 1 unspecified atom stereocenters. The zero-order valence-electron chi connectivity index (χ0n) is 19.8. The molecule has 1 rings (SSSR count). The number of hydrogen-bond acceptors (Lipinski definition) is 5. The average Bonchev–Trinajstić information content (AvgIpc) is 2.57. The second-order valence-electron chi connectivity index (χ2n) is 9.96. The van der Waals surface area contributed by atoms with Gasteiger partial charge in [-0.3, -0.25) is 4.79 Å². The molecule has 0 aromatic heterocycles. The molecule has 30 heavy (non-hydrogen) atoms. The number of ether oxygens (including phenoxy) is 1. The van der Waals surface area contributed by atoms with Crippen LogP contribution in [0.3, 0.4) is 0 Å². The summed E-state index contributed by atoms with van der Waals surface area (Å²) < 4.78 is 27.0. The van der Waals surface area contributed by atoms with Crippen LogP contribution in [0.4, 0.5) is 0 Å². The zero-order chi connectivity index (χ0) is 23.3. The molecular formula is C22H38ClNO4SSi. The Labute approximate surface area is 191 Å². The summed E-state index contributed by atoms with van der Waals surface area (Å²) >= 11 is 5.30. The molecule has 0 spiro atoms. The van der Waals surface area contributed by atoms with Crippen molar-refractivity contribution in [3.8, 4) is 0 Å². The standard InChI is InChI=1S/C22H38ClNO4SSi/c1-10-27-20(25)14-16-11-12-17(18(23)13-16)19(24-29(26)21(2,3)4)15-28-30(8,9)22(5,6)7/h11-13,19,24H,10,14-15H2,1-9H3/t19-,29?/m1/s1. The highest BCUT2D eigenvalue weighted by Gasteiger charge is 2.39. The first-order valence-corrected chi connectivity index (χ1v) is 14.8. The molecule has 0 saturated heterocycles. The summed E-state index contributed by atoms with van der Waals surface area (Å²) in [5.74, 6) is -0.286. The fraction of sp³-hybridized carbons (Fsp3) is 0.682. The number of esters is 1. The van der Waals surface area contributed by atoms with Crippen molar-refractivity contribution in [2.24, 2.45) is 0 Å². The molecule has 8 heteroatoms. The van der Waals surface area contributed by atoms with E-state index in [1.54, 1.807) is 13.0 Å². The lowest BCUT2D eigenvalue weighted by molar-refractivity contribution is -0.142. The van der Waals surface area contributed by atoms with Gasteiger partial charge in [0.05, 0.1) is 19.6 Å². The van der Waals surface area contributed by atoms with Gasteiger partial charge in [0.1, 0.15) is 10.8 Å². The lowest BCUT2D eigenvalue weighted by Gasteiger charge is -2.38. The first-order chi connectivity index (χ1) is 13.6. The van der Waals surface area contributed by atoms with Crippen LogP contribution in [0.2, 0.25) is 23.2 Å². The van der Waals surface area contributed by atoms with Gasteiger partial charge in [-0.1, -0.05) is 44.5 Å². The van der Waals surface area contributed by atoms with Crippen LogP contribution >= 0.6 is 11.6 Å². The number of carbonyl (C=O) groups is 1. The predicted octanol–water partition coefficient (Wildman–Crippen LogP) is 5.56. The Hall–Kier alpha value is -0.573. The van der Waals surface area contributed by atoms with E-state index in [4.69, 9.17) is 20.8 Å². The van der Waals surface area contributed by atoms with Crippen molar-refractivity contribution >= 4 is 37.2 Å². The molecule has 0 saturated carbocycles. The van der Waals surface area contributed by atoms with Gasteiger partial charge in [-0.05, 0) is 63.0 Å². The van der Waals surface area contributed by atoms with E-state index in [-0.39, 0.29) is 23.5 Å². The summed E-state index contributed by atoms with van der Waals surface area (Å²) in [4.78, 5) is 11.8. The zero-order valence-corrected chi connectivity index (χ0v) is 22.4. The van der Waals surface area contributed by atoms with E-state index in [0.717, 1.165) is 11.1 Å². The lowest BCUT2D eigenvalue weighted by Crippen LogP contribution is -2.46. The Morgan fingerprint density at radius 1 is 1.23 bits per heavy atom. The maximum absolute atomic E-state index is 12.8. The molecule has 1 N–H and O–H groups in total. The van der Waals surface area contributed by atoms with E-state index in [0.29, 0.717) is 18.2 Å². The molecule has 2 atom stereocenters. The third-order valence-corrected chi connectivity index (χ3v) is 11.8. The molecule has 0 aliphatic heterocycles. The van der Waals surface area contributed by atoms with Gasteiger partial charge in [0, 0.05) is 16.4 Å². The first kappa shape index (κ1) is 27.5. The number of halogens is 1.